The highest BCUT2D eigenvalue weighted by Crippen LogP contribution is 2.32. The Balaban J connectivity index is 1.40. The van der Waals surface area contributed by atoms with Gasteiger partial charge in [-0.1, -0.05) is 6.08 Å². The van der Waals surface area contributed by atoms with Crippen LogP contribution in [-0.4, -0.2) is 89.1 Å². The highest BCUT2D eigenvalue weighted by atomic mass is 32.2. The summed E-state index contributed by atoms with van der Waals surface area (Å²) >= 11 is 1.70. The number of piperazine rings is 1. The predicted octanol–water partition coefficient (Wildman–Crippen LogP) is -0.690. The number of hydrogen-bond acceptors (Lipinski definition) is 6. The summed E-state index contributed by atoms with van der Waals surface area (Å²) in [5.41, 5.74) is 0. The number of piperidine rings is 1. The molecule has 9 heteroatoms. The Morgan fingerprint density at radius 3 is 2.81 bits per heavy atom. The Morgan fingerprint density at radius 2 is 2.07 bits per heavy atom. The lowest BCUT2D eigenvalue weighted by Gasteiger charge is -2.46. The van der Waals surface area contributed by atoms with Crippen molar-refractivity contribution < 1.29 is 19.1 Å². The molecule has 5 atom stereocenters. The van der Waals surface area contributed by atoms with Crippen molar-refractivity contribution in [2.75, 3.05) is 31.3 Å². The Labute approximate surface area is 163 Å². The van der Waals surface area contributed by atoms with Gasteiger partial charge in [0.05, 0.1) is 18.8 Å². The van der Waals surface area contributed by atoms with Crippen molar-refractivity contribution in [1.82, 2.24) is 20.4 Å². The van der Waals surface area contributed by atoms with E-state index in [-0.39, 0.29) is 35.9 Å². The lowest BCUT2D eigenvalue weighted by molar-refractivity contribution is -0.162. The molecule has 4 saturated heterocycles. The summed E-state index contributed by atoms with van der Waals surface area (Å²) in [5, 5.41) is 6.23. The van der Waals surface area contributed by atoms with Crippen LogP contribution in [0, 0.1) is 0 Å². The third kappa shape index (κ3) is 3.60. The van der Waals surface area contributed by atoms with Crippen LogP contribution in [0.25, 0.3) is 0 Å². The molecule has 4 aliphatic rings. The first-order chi connectivity index (χ1) is 13.1. The van der Waals surface area contributed by atoms with E-state index >= 15 is 0 Å². The third-order valence-corrected chi connectivity index (χ3v) is 6.77. The van der Waals surface area contributed by atoms with Crippen molar-refractivity contribution in [3.8, 4) is 0 Å². The molecule has 0 radical (unpaired) electrons. The standard InChI is InChI=1S/C18H26N4O4S/c1-2-5-26-12-7-15-17(24)21-4-3-11(6-14(21)18(25)22(15)8-12)20-16(23)13-9-27-10-19-13/h2,11-15,19H,1,3-10H2,(H,20,23). The van der Waals surface area contributed by atoms with Crippen molar-refractivity contribution in [3.63, 3.8) is 0 Å². The van der Waals surface area contributed by atoms with Gasteiger partial charge in [-0.05, 0) is 12.8 Å². The van der Waals surface area contributed by atoms with E-state index in [1.165, 1.54) is 0 Å². The van der Waals surface area contributed by atoms with Crippen LogP contribution in [0.5, 0.6) is 0 Å². The lowest BCUT2D eigenvalue weighted by Crippen LogP contribution is -2.66. The minimum Gasteiger partial charge on any atom is -0.372 e. The van der Waals surface area contributed by atoms with Gasteiger partial charge in [-0.3, -0.25) is 19.7 Å². The molecule has 4 rings (SSSR count). The molecule has 5 unspecified atom stereocenters. The molecule has 0 bridgehead atoms. The quantitative estimate of drug-likeness (QED) is 0.600. The average molecular weight is 394 g/mol. The van der Waals surface area contributed by atoms with Crippen LogP contribution in [0.4, 0.5) is 0 Å². The number of nitrogens with zero attached hydrogens (tertiary/aromatic N) is 2. The molecular weight excluding hydrogens is 368 g/mol. The van der Waals surface area contributed by atoms with Crippen LogP contribution in [0.1, 0.15) is 19.3 Å². The molecule has 4 aliphatic heterocycles. The monoisotopic (exact) mass is 394 g/mol. The summed E-state index contributed by atoms with van der Waals surface area (Å²) < 4.78 is 5.68. The summed E-state index contributed by atoms with van der Waals surface area (Å²) in [6.07, 6.45) is 3.27. The van der Waals surface area contributed by atoms with Crippen molar-refractivity contribution >= 4 is 29.5 Å². The van der Waals surface area contributed by atoms with Gasteiger partial charge in [0.25, 0.3) is 0 Å². The second-order valence-corrected chi connectivity index (χ2v) is 8.57. The molecule has 0 aromatic rings. The van der Waals surface area contributed by atoms with Gasteiger partial charge in [0, 0.05) is 37.2 Å². The van der Waals surface area contributed by atoms with E-state index in [1.54, 1.807) is 27.6 Å². The molecule has 27 heavy (non-hydrogen) atoms. The van der Waals surface area contributed by atoms with Gasteiger partial charge in [0.2, 0.25) is 17.7 Å². The zero-order chi connectivity index (χ0) is 19.0. The smallest absolute Gasteiger partial charge is 0.246 e. The molecule has 0 saturated carbocycles. The van der Waals surface area contributed by atoms with Gasteiger partial charge in [-0.25, -0.2) is 0 Å². The highest BCUT2D eigenvalue weighted by molar-refractivity contribution is 7.99. The maximum absolute atomic E-state index is 13.0. The van der Waals surface area contributed by atoms with Crippen molar-refractivity contribution in [1.29, 1.82) is 0 Å². The fraction of sp³-hybridized carbons (Fsp3) is 0.722. The summed E-state index contributed by atoms with van der Waals surface area (Å²) in [5.74, 6) is 1.55. The number of fused-ring (bicyclic) bond motifs is 2. The first kappa shape index (κ1) is 18.8. The summed E-state index contributed by atoms with van der Waals surface area (Å²) in [7, 11) is 0. The molecule has 8 nitrogen and oxygen atoms in total. The molecule has 4 fully saturated rings. The van der Waals surface area contributed by atoms with Crippen LogP contribution in [0.15, 0.2) is 12.7 Å². The largest absolute Gasteiger partial charge is 0.372 e. The predicted molar refractivity (Wildman–Crippen MR) is 101 cm³/mol. The van der Waals surface area contributed by atoms with Crippen molar-refractivity contribution in [2.45, 2.75) is 49.5 Å². The van der Waals surface area contributed by atoms with E-state index in [2.05, 4.69) is 17.2 Å². The van der Waals surface area contributed by atoms with E-state index in [1.807, 2.05) is 0 Å². The van der Waals surface area contributed by atoms with Crippen molar-refractivity contribution in [2.24, 2.45) is 0 Å². The first-order valence-electron chi connectivity index (χ1n) is 9.53. The maximum atomic E-state index is 13.0. The van der Waals surface area contributed by atoms with Crippen LogP contribution in [-0.2, 0) is 19.1 Å². The second kappa shape index (κ2) is 7.81. The Kier molecular flexibility index (Phi) is 5.43. The SMILES string of the molecule is C=CCOC1CC2C(=O)N3CCC(NC(=O)C4CSCN4)CC3C(=O)N2C1. The lowest BCUT2D eigenvalue weighted by atomic mass is 9.92. The van der Waals surface area contributed by atoms with Gasteiger partial charge in [0.15, 0.2) is 0 Å². The molecule has 148 valence electrons. The molecule has 4 heterocycles. The fourth-order valence-corrected chi connectivity index (χ4v) is 5.38. The first-order valence-corrected chi connectivity index (χ1v) is 10.7. The maximum Gasteiger partial charge on any atom is 0.246 e. The topological polar surface area (TPSA) is 91.0 Å². The molecule has 3 amide bonds. The number of amides is 3. The Morgan fingerprint density at radius 1 is 1.30 bits per heavy atom. The van der Waals surface area contributed by atoms with Gasteiger partial charge in [-0.2, -0.15) is 0 Å². The van der Waals surface area contributed by atoms with E-state index < -0.39 is 12.1 Å². The summed E-state index contributed by atoms with van der Waals surface area (Å²) in [6, 6.07) is -1.12. The number of thioether (sulfide) groups is 1. The molecule has 0 aliphatic carbocycles. The van der Waals surface area contributed by atoms with Gasteiger partial charge in [0.1, 0.15) is 12.1 Å². The summed E-state index contributed by atoms with van der Waals surface area (Å²) in [4.78, 5) is 41.7. The van der Waals surface area contributed by atoms with Crippen LogP contribution < -0.4 is 10.6 Å². The number of nitrogens with one attached hydrogen (secondary N) is 2. The van der Waals surface area contributed by atoms with Gasteiger partial charge < -0.3 is 19.9 Å². The summed E-state index contributed by atoms with van der Waals surface area (Å²) in [6.45, 7) is 5.02. The van der Waals surface area contributed by atoms with E-state index in [4.69, 9.17) is 4.74 Å². The molecule has 0 spiro atoms. The average Bonchev–Trinajstić information content (AvgIpc) is 3.34. The number of carbonyl (C=O) groups is 3. The third-order valence-electron chi connectivity index (χ3n) is 5.83. The van der Waals surface area contributed by atoms with Crippen LogP contribution in [0.3, 0.4) is 0 Å². The number of ether oxygens (including phenoxy) is 1. The minimum absolute atomic E-state index is 0.00928. The van der Waals surface area contributed by atoms with E-state index in [9.17, 15) is 14.4 Å². The highest BCUT2D eigenvalue weighted by Gasteiger charge is 2.52. The number of hydrogen-bond donors (Lipinski definition) is 2. The second-order valence-electron chi connectivity index (χ2n) is 7.54. The van der Waals surface area contributed by atoms with Crippen LogP contribution >= 0.6 is 11.8 Å². The van der Waals surface area contributed by atoms with Gasteiger partial charge >= 0.3 is 0 Å². The fourth-order valence-electron chi connectivity index (χ4n) is 4.44. The zero-order valence-electron chi connectivity index (χ0n) is 15.3. The van der Waals surface area contributed by atoms with Gasteiger partial charge in [-0.15, -0.1) is 18.3 Å². The Bertz CT molecular complexity index is 639. The zero-order valence-corrected chi connectivity index (χ0v) is 16.1. The van der Waals surface area contributed by atoms with Crippen LogP contribution in [0.2, 0.25) is 0 Å². The normalized spacial score (nSPS) is 35.8. The minimum atomic E-state index is -0.475. The van der Waals surface area contributed by atoms with E-state index in [0.29, 0.717) is 39.0 Å². The Hall–Kier alpha value is -1.58. The molecule has 2 N–H and O–H groups in total. The van der Waals surface area contributed by atoms with E-state index in [0.717, 1.165) is 11.6 Å². The number of rotatable bonds is 5. The number of carbonyl (C=O) groups excluding carboxylic acids is 3. The molecule has 0 aromatic carbocycles. The van der Waals surface area contributed by atoms with Crippen molar-refractivity contribution in [3.05, 3.63) is 12.7 Å². The molecule has 0 aromatic heterocycles. The molecular formula is C18H26N4O4S.